The van der Waals surface area contributed by atoms with Crippen LogP contribution in [0.25, 0.3) is 28.2 Å². The van der Waals surface area contributed by atoms with E-state index in [-0.39, 0.29) is 5.97 Å². The number of anilines is 1. The number of piperazine rings is 1. The first-order valence-corrected chi connectivity index (χ1v) is 11.7. The number of ether oxygens (including phenoxy) is 1. The van der Waals surface area contributed by atoms with Crippen molar-refractivity contribution in [2.24, 2.45) is 0 Å². The van der Waals surface area contributed by atoms with Crippen LogP contribution in [0.4, 0.5) is 5.82 Å². The number of benzene rings is 2. The van der Waals surface area contributed by atoms with E-state index < -0.39 is 6.04 Å². The lowest BCUT2D eigenvalue weighted by molar-refractivity contribution is -0.145. The highest BCUT2D eigenvalue weighted by atomic mass is 35.5. The van der Waals surface area contributed by atoms with E-state index in [0.717, 1.165) is 11.3 Å². The van der Waals surface area contributed by atoms with Gasteiger partial charge in [0.1, 0.15) is 18.2 Å². The smallest absolute Gasteiger partial charge is 0.324 e. The summed E-state index contributed by atoms with van der Waals surface area (Å²) < 4.78 is 7.16. The van der Waals surface area contributed by atoms with Gasteiger partial charge in [-0.05, 0) is 43.3 Å². The summed E-state index contributed by atoms with van der Waals surface area (Å²) in [4.78, 5) is 28.5. The van der Waals surface area contributed by atoms with Gasteiger partial charge in [-0.1, -0.05) is 35.3 Å². The Bertz CT molecular complexity index is 1340. The molecule has 2 aromatic carbocycles. The van der Waals surface area contributed by atoms with Crippen LogP contribution in [-0.2, 0) is 9.53 Å². The first kappa shape index (κ1) is 22.6. The molecule has 1 atom stereocenters. The fourth-order valence-electron chi connectivity index (χ4n) is 4.11. The van der Waals surface area contributed by atoms with Crippen LogP contribution in [0.3, 0.4) is 0 Å². The van der Waals surface area contributed by atoms with Crippen molar-refractivity contribution >= 4 is 46.2 Å². The number of fused-ring (bicyclic) bond motifs is 1. The standard InChI is InChI=1S/C24H22Cl2N6O2/c1-2-34-24(33)19-13-31(12-11-27-19)22-20-23(29-14-28-22)32(16-9-7-15(25)8-10-16)21(30-20)17-5-3-4-6-18(17)26/h3-10,14,19,27H,2,11-13H2,1H3. The van der Waals surface area contributed by atoms with Crippen molar-refractivity contribution in [1.29, 1.82) is 0 Å². The van der Waals surface area contributed by atoms with E-state index >= 15 is 0 Å². The van der Waals surface area contributed by atoms with Crippen LogP contribution >= 0.6 is 23.2 Å². The second kappa shape index (κ2) is 9.58. The number of aromatic nitrogens is 4. The van der Waals surface area contributed by atoms with Crippen molar-refractivity contribution in [3.63, 3.8) is 0 Å². The predicted molar refractivity (Wildman–Crippen MR) is 133 cm³/mol. The number of carbonyl (C=O) groups excluding carboxylic acids is 1. The van der Waals surface area contributed by atoms with Crippen LogP contribution in [0.1, 0.15) is 6.92 Å². The average molecular weight is 497 g/mol. The van der Waals surface area contributed by atoms with Crippen molar-refractivity contribution in [2.45, 2.75) is 13.0 Å². The zero-order chi connectivity index (χ0) is 23.7. The van der Waals surface area contributed by atoms with Gasteiger partial charge in [0, 0.05) is 35.9 Å². The molecule has 0 amide bonds. The van der Waals surface area contributed by atoms with Gasteiger partial charge in [0.2, 0.25) is 0 Å². The summed E-state index contributed by atoms with van der Waals surface area (Å²) in [5.74, 6) is 1.02. The molecule has 34 heavy (non-hydrogen) atoms. The van der Waals surface area contributed by atoms with E-state index in [9.17, 15) is 4.79 Å². The van der Waals surface area contributed by atoms with Crippen LogP contribution in [0.15, 0.2) is 54.9 Å². The van der Waals surface area contributed by atoms with Crippen LogP contribution < -0.4 is 10.2 Å². The van der Waals surface area contributed by atoms with Gasteiger partial charge in [-0.15, -0.1) is 0 Å². The fourth-order valence-corrected chi connectivity index (χ4v) is 4.46. The van der Waals surface area contributed by atoms with Crippen molar-refractivity contribution < 1.29 is 9.53 Å². The van der Waals surface area contributed by atoms with Gasteiger partial charge in [-0.3, -0.25) is 9.36 Å². The molecule has 0 bridgehead atoms. The number of nitrogens with one attached hydrogen (secondary N) is 1. The minimum absolute atomic E-state index is 0.277. The normalized spacial score (nSPS) is 16.1. The van der Waals surface area contributed by atoms with Gasteiger partial charge in [0.15, 0.2) is 17.0 Å². The molecule has 1 aliphatic rings. The number of hydrogen-bond donors (Lipinski definition) is 1. The summed E-state index contributed by atoms with van der Waals surface area (Å²) >= 11 is 12.7. The minimum atomic E-state index is -0.444. The fraction of sp³-hybridized carbons (Fsp3) is 0.250. The summed E-state index contributed by atoms with van der Waals surface area (Å²) in [6, 6.07) is 14.6. The Hall–Kier alpha value is -3.20. The molecule has 1 unspecified atom stereocenters. The maximum Gasteiger partial charge on any atom is 0.324 e. The van der Waals surface area contributed by atoms with Crippen molar-refractivity contribution in [1.82, 2.24) is 24.8 Å². The first-order valence-electron chi connectivity index (χ1n) is 11.0. The molecular formula is C24H22Cl2N6O2. The Morgan fingerprint density at radius 2 is 1.94 bits per heavy atom. The third kappa shape index (κ3) is 4.20. The number of carbonyl (C=O) groups is 1. The van der Waals surface area contributed by atoms with Gasteiger partial charge in [0.05, 0.1) is 11.6 Å². The number of rotatable bonds is 5. The van der Waals surface area contributed by atoms with Gasteiger partial charge in [0.25, 0.3) is 0 Å². The maximum atomic E-state index is 12.3. The lowest BCUT2D eigenvalue weighted by Gasteiger charge is -2.33. The topological polar surface area (TPSA) is 85.2 Å². The number of esters is 1. The third-order valence-electron chi connectivity index (χ3n) is 5.67. The van der Waals surface area contributed by atoms with Crippen molar-refractivity contribution in [3.05, 3.63) is 64.9 Å². The number of halogens is 2. The molecular weight excluding hydrogens is 475 g/mol. The van der Waals surface area contributed by atoms with Crippen LogP contribution in [0.5, 0.6) is 0 Å². The summed E-state index contributed by atoms with van der Waals surface area (Å²) in [7, 11) is 0. The molecule has 1 fully saturated rings. The Kier molecular flexibility index (Phi) is 6.36. The SMILES string of the molecule is CCOC(=O)C1CN(c2ncnc3c2nc(-c2ccccc2Cl)n3-c2ccc(Cl)cc2)CCN1. The largest absolute Gasteiger partial charge is 0.465 e. The molecule has 2 aromatic heterocycles. The molecule has 4 aromatic rings. The highest BCUT2D eigenvalue weighted by Crippen LogP contribution is 2.34. The zero-order valence-electron chi connectivity index (χ0n) is 18.4. The molecule has 1 saturated heterocycles. The third-order valence-corrected chi connectivity index (χ3v) is 6.25. The molecule has 0 spiro atoms. The summed E-state index contributed by atoms with van der Waals surface area (Å²) in [5.41, 5.74) is 2.87. The summed E-state index contributed by atoms with van der Waals surface area (Å²) in [5, 5.41) is 4.43. The highest BCUT2D eigenvalue weighted by molar-refractivity contribution is 6.33. The van der Waals surface area contributed by atoms with E-state index in [1.165, 1.54) is 6.33 Å². The molecule has 0 radical (unpaired) electrons. The molecule has 1 aliphatic heterocycles. The van der Waals surface area contributed by atoms with Crippen LogP contribution in [0, 0.1) is 0 Å². The lowest BCUT2D eigenvalue weighted by Crippen LogP contribution is -2.55. The molecule has 1 N–H and O–H groups in total. The Balaban J connectivity index is 1.66. The molecule has 174 valence electrons. The summed E-state index contributed by atoms with van der Waals surface area (Å²) in [6.45, 7) is 3.83. The molecule has 5 rings (SSSR count). The van der Waals surface area contributed by atoms with E-state index in [1.54, 1.807) is 6.92 Å². The lowest BCUT2D eigenvalue weighted by atomic mass is 10.2. The molecule has 0 saturated carbocycles. The van der Waals surface area contributed by atoms with E-state index in [4.69, 9.17) is 32.9 Å². The number of nitrogens with zero attached hydrogens (tertiary/aromatic N) is 5. The highest BCUT2D eigenvalue weighted by Gasteiger charge is 2.29. The zero-order valence-corrected chi connectivity index (χ0v) is 19.9. The Morgan fingerprint density at radius 3 is 2.71 bits per heavy atom. The van der Waals surface area contributed by atoms with Crippen molar-refractivity contribution in [3.8, 4) is 17.1 Å². The predicted octanol–water partition coefficient (Wildman–Crippen LogP) is 4.13. The van der Waals surface area contributed by atoms with Crippen LogP contribution in [-0.4, -0.2) is 57.8 Å². The van der Waals surface area contributed by atoms with Gasteiger partial charge in [-0.25, -0.2) is 15.0 Å². The monoisotopic (exact) mass is 496 g/mol. The number of imidazole rings is 1. The first-order chi connectivity index (χ1) is 16.6. The van der Waals surface area contributed by atoms with Crippen molar-refractivity contribution in [2.75, 3.05) is 31.1 Å². The maximum absolute atomic E-state index is 12.3. The average Bonchev–Trinajstić information content (AvgIpc) is 3.24. The number of hydrogen-bond acceptors (Lipinski definition) is 7. The second-order valence-electron chi connectivity index (χ2n) is 7.80. The van der Waals surface area contributed by atoms with E-state index in [2.05, 4.69) is 15.3 Å². The van der Waals surface area contributed by atoms with E-state index in [1.807, 2.05) is 58.0 Å². The second-order valence-corrected chi connectivity index (χ2v) is 8.64. The van der Waals surface area contributed by atoms with Gasteiger partial charge >= 0.3 is 5.97 Å². The molecule has 10 heteroatoms. The molecule has 8 nitrogen and oxygen atoms in total. The molecule has 0 aliphatic carbocycles. The van der Waals surface area contributed by atoms with E-state index in [0.29, 0.717) is 59.1 Å². The Morgan fingerprint density at radius 1 is 1.15 bits per heavy atom. The summed E-state index contributed by atoms with van der Waals surface area (Å²) in [6.07, 6.45) is 1.52. The molecule has 3 heterocycles. The Labute approximate surface area is 206 Å². The quantitative estimate of drug-likeness (QED) is 0.415. The van der Waals surface area contributed by atoms with Gasteiger partial charge < -0.3 is 15.0 Å². The van der Waals surface area contributed by atoms with Gasteiger partial charge in [-0.2, -0.15) is 0 Å². The van der Waals surface area contributed by atoms with Crippen LogP contribution in [0.2, 0.25) is 10.0 Å². The minimum Gasteiger partial charge on any atom is -0.465 e.